The second-order valence-corrected chi connectivity index (χ2v) is 9.81. The molecule has 152 valence electrons. The van der Waals surface area contributed by atoms with E-state index in [2.05, 4.69) is 31.1 Å². The van der Waals surface area contributed by atoms with Gasteiger partial charge in [-0.3, -0.25) is 9.10 Å². The van der Waals surface area contributed by atoms with Crippen molar-refractivity contribution in [2.45, 2.75) is 39.0 Å². The van der Waals surface area contributed by atoms with Crippen LogP contribution in [0.15, 0.2) is 24.3 Å². The summed E-state index contributed by atoms with van der Waals surface area (Å²) in [6, 6.07) is 7.36. The van der Waals surface area contributed by atoms with Gasteiger partial charge in [0.25, 0.3) is 0 Å². The minimum Gasteiger partial charge on any atom is -0.355 e. The number of nitrogens with one attached hydrogen (secondary N) is 1. The third-order valence-electron chi connectivity index (χ3n) is 5.25. The SMILES string of the molecule is CC(C)c1ccc(N(CC(=O)NCCC2CCN(C)CC2)S(C)(=O)=O)cc1. The van der Waals surface area contributed by atoms with Crippen LogP contribution in [0, 0.1) is 5.92 Å². The van der Waals surface area contributed by atoms with Gasteiger partial charge in [0, 0.05) is 6.54 Å². The van der Waals surface area contributed by atoms with E-state index in [1.54, 1.807) is 12.1 Å². The van der Waals surface area contributed by atoms with Crippen molar-refractivity contribution in [3.63, 3.8) is 0 Å². The summed E-state index contributed by atoms with van der Waals surface area (Å²) in [5.41, 5.74) is 1.65. The lowest BCUT2D eigenvalue weighted by molar-refractivity contribution is -0.119. The number of carbonyl (C=O) groups excluding carboxylic acids is 1. The van der Waals surface area contributed by atoms with Gasteiger partial charge in [0.05, 0.1) is 11.9 Å². The molecule has 0 bridgehead atoms. The molecule has 0 aromatic heterocycles. The molecular weight excluding hydrogens is 362 g/mol. The Kier molecular flexibility index (Phi) is 7.68. The summed E-state index contributed by atoms with van der Waals surface area (Å²) in [6.45, 7) is 6.78. The van der Waals surface area contributed by atoms with Crippen molar-refractivity contribution in [1.29, 1.82) is 0 Å². The van der Waals surface area contributed by atoms with Crippen LogP contribution < -0.4 is 9.62 Å². The molecule has 1 saturated heterocycles. The first-order valence-corrected chi connectivity index (χ1v) is 11.5. The fourth-order valence-electron chi connectivity index (χ4n) is 3.38. The standard InChI is InChI=1S/C20H33N3O3S/c1-16(2)18-5-7-19(8-6-18)23(27(4,25)26)15-20(24)21-12-9-17-10-13-22(3)14-11-17/h5-8,16-17H,9-15H2,1-4H3,(H,21,24). The van der Waals surface area contributed by atoms with Crippen molar-refractivity contribution in [3.8, 4) is 0 Å². The van der Waals surface area contributed by atoms with E-state index in [1.807, 2.05) is 12.1 Å². The van der Waals surface area contributed by atoms with Crippen LogP contribution in [0.4, 0.5) is 5.69 Å². The number of piperidine rings is 1. The zero-order valence-electron chi connectivity index (χ0n) is 16.9. The molecule has 27 heavy (non-hydrogen) atoms. The van der Waals surface area contributed by atoms with E-state index in [0.717, 1.165) is 44.2 Å². The average Bonchev–Trinajstić information content (AvgIpc) is 2.60. The Labute approximate surface area is 164 Å². The predicted molar refractivity (Wildman–Crippen MR) is 111 cm³/mol. The molecular formula is C20H33N3O3S. The summed E-state index contributed by atoms with van der Waals surface area (Å²) in [5.74, 6) is 0.742. The number of rotatable bonds is 8. The molecule has 1 amide bonds. The maximum atomic E-state index is 12.3. The molecule has 1 heterocycles. The summed E-state index contributed by atoms with van der Waals surface area (Å²) >= 11 is 0. The molecule has 1 aromatic carbocycles. The van der Waals surface area contributed by atoms with Gasteiger partial charge < -0.3 is 10.2 Å². The molecule has 0 spiro atoms. The first kappa shape index (κ1) is 21.7. The van der Waals surface area contributed by atoms with Gasteiger partial charge in [-0.1, -0.05) is 26.0 Å². The number of amides is 1. The Balaban J connectivity index is 1.90. The minimum atomic E-state index is -3.53. The summed E-state index contributed by atoms with van der Waals surface area (Å²) in [6.07, 6.45) is 4.39. The van der Waals surface area contributed by atoms with Gasteiger partial charge >= 0.3 is 0 Å². The number of carbonyl (C=O) groups is 1. The van der Waals surface area contributed by atoms with E-state index in [1.165, 1.54) is 4.31 Å². The Morgan fingerprint density at radius 1 is 1.22 bits per heavy atom. The Morgan fingerprint density at radius 3 is 2.33 bits per heavy atom. The lowest BCUT2D eigenvalue weighted by Crippen LogP contribution is -2.41. The molecule has 1 fully saturated rings. The molecule has 1 N–H and O–H groups in total. The van der Waals surface area contributed by atoms with Crippen LogP contribution in [0.5, 0.6) is 0 Å². The minimum absolute atomic E-state index is 0.187. The molecule has 0 saturated carbocycles. The topological polar surface area (TPSA) is 69.7 Å². The molecule has 0 unspecified atom stereocenters. The average molecular weight is 396 g/mol. The lowest BCUT2D eigenvalue weighted by Gasteiger charge is -2.29. The third kappa shape index (κ3) is 6.81. The van der Waals surface area contributed by atoms with E-state index in [-0.39, 0.29) is 12.5 Å². The van der Waals surface area contributed by atoms with Crippen LogP contribution >= 0.6 is 0 Å². The largest absolute Gasteiger partial charge is 0.355 e. The van der Waals surface area contributed by atoms with Crippen molar-refractivity contribution in [2.24, 2.45) is 5.92 Å². The van der Waals surface area contributed by atoms with E-state index in [9.17, 15) is 13.2 Å². The van der Waals surface area contributed by atoms with E-state index >= 15 is 0 Å². The predicted octanol–water partition coefficient (Wildman–Crippen LogP) is 2.42. The number of sulfonamides is 1. The summed E-state index contributed by atoms with van der Waals surface area (Å²) in [5, 5.41) is 2.88. The normalized spacial score (nSPS) is 16.5. The fourth-order valence-corrected chi connectivity index (χ4v) is 4.23. The maximum absolute atomic E-state index is 12.3. The molecule has 1 aromatic rings. The van der Waals surface area contributed by atoms with Crippen molar-refractivity contribution in [1.82, 2.24) is 10.2 Å². The van der Waals surface area contributed by atoms with Crippen LogP contribution in [0.1, 0.15) is 44.6 Å². The molecule has 0 aliphatic carbocycles. The first-order valence-electron chi connectivity index (χ1n) is 9.69. The summed E-state index contributed by atoms with van der Waals surface area (Å²) < 4.78 is 25.5. The fraction of sp³-hybridized carbons (Fsp3) is 0.650. The van der Waals surface area contributed by atoms with Gasteiger partial charge in [0.2, 0.25) is 15.9 Å². The maximum Gasteiger partial charge on any atom is 0.240 e. The van der Waals surface area contributed by atoms with Gasteiger partial charge in [-0.25, -0.2) is 8.42 Å². The number of hydrogen-bond donors (Lipinski definition) is 1. The van der Waals surface area contributed by atoms with Gasteiger partial charge in [-0.15, -0.1) is 0 Å². The molecule has 1 aliphatic rings. The molecule has 1 aliphatic heterocycles. The second-order valence-electron chi connectivity index (χ2n) is 7.90. The number of benzene rings is 1. The molecule has 7 heteroatoms. The van der Waals surface area contributed by atoms with E-state index < -0.39 is 10.0 Å². The van der Waals surface area contributed by atoms with E-state index in [4.69, 9.17) is 0 Å². The first-order chi connectivity index (χ1) is 12.7. The number of likely N-dealkylation sites (tertiary alicyclic amines) is 1. The monoisotopic (exact) mass is 395 g/mol. The van der Waals surface area contributed by atoms with E-state index in [0.29, 0.717) is 24.1 Å². The van der Waals surface area contributed by atoms with Crippen molar-refractivity contribution in [2.75, 3.05) is 43.8 Å². The zero-order valence-corrected chi connectivity index (χ0v) is 17.8. The van der Waals surface area contributed by atoms with Crippen LogP contribution in [0.3, 0.4) is 0 Å². The molecule has 2 rings (SSSR count). The van der Waals surface area contributed by atoms with Gasteiger partial charge in [0.15, 0.2) is 0 Å². The number of nitrogens with zero attached hydrogens (tertiary/aromatic N) is 2. The highest BCUT2D eigenvalue weighted by molar-refractivity contribution is 7.92. The van der Waals surface area contributed by atoms with Crippen molar-refractivity contribution in [3.05, 3.63) is 29.8 Å². The zero-order chi connectivity index (χ0) is 20.0. The highest BCUT2D eigenvalue weighted by Crippen LogP contribution is 2.22. The van der Waals surface area contributed by atoms with Crippen LogP contribution in [0.2, 0.25) is 0 Å². The Bertz CT molecular complexity index is 708. The third-order valence-corrected chi connectivity index (χ3v) is 6.39. The second kappa shape index (κ2) is 9.55. The smallest absolute Gasteiger partial charge is 0.240 e. The van der Waals surface area contributed by atoms with Crippen LogP contribution in [-0.2, 0) is 14.8 Å². The lowest BCUT2D eigenvalue weighted by atomic mass is 9.94. The quantitative estimate of drug-likeness (QED) is 0.734. The van der Waals surface area contributed by atoms with Crippen molar-refractivity contribution >= 4 is 21.6 Å². The van der Waals surface area contributed by atoms with Gasteiger partial charge in [0.1, 0.15) is 6.54 Å². The van der Waals surface area contributed by atoms with Crippen LogP contribution in [-0.4, -0.2) is 58.7 Å². The molecule has 0 atom stereocenters. The highest BCUT2D eigenvalue weighted by atomic mass is 32.2. The summed E-state index contributed by atoms with van der Waals surface area (Å²) in [7, 11) is -1.40. The molecule has 6 nitrogen and oxygen atoms in total. The van der Waals surface area contributed by atoms with Gasteiger partial charge in [-0.05, 0) is 68.9 Å². The number of anilines is 1. The number of hydrogen-bond acceptors (Lipinski definition) is 4. The Hall–Kier alpha value is -1.60. The summed E-state index contributed by atoms with van der Waals surface area (Å²) in [4.78, 5) is 14.6. The Morgan fingerprint density at radius 2 is 1.81 bits per heavy atom. The highest BCUT2D eigenvalue weighted by Gasteiger charge is 2.21. The van der Waals surface area contributed by atoms with Crippen LogP contribution in [0.25, 0.3) is 0 Å². The molecule has 0 radical (unpaired) electrons. The van der Waals surface area contributed by atoms with Gasteiger partial charge in [-0.2, -0.15) is 0 Å². The van der Waals surface area contributed by atoms with Crippen molar-refractivity contribution < 1.29 is 13.2 Å².